The summed E-state index contributed by atoms with van der Waals surface area (Å²) in [5.74, 6) is 2.03. The van der Waals surface area contributed by atoms with Gasteiger partial charge >= 0.3 is 0 Å². The highest BCUT2D eigenvalue weighted by atomic mass is 16.7. The number of fused-ring (bicyclic) bond motifs is 2. The van der Waals surface area contributed by atoms with Gasteiger partial charge in [0.1, 0.15) is 0 Å². The zero-order chi connectivity index (χ0) is 20.5. The first-order valence-corrected chi connectivity index (χ1v) is 10.1. The van der Waals surface area contributed by atoms with Crippen molar-refractivity contribution in [3.8, 4) is 23.0 Å². The van der Waals surface area contributed by atoms with Crippen LogP contribution in [0.2, 0.25) is 0 Å². The number of benzene rings is 2. The summed E-state index contributed by atoms with van der Waals surface area (Å²) in [6, 6.07) is 9.97. The van der Waals surface area contributed by atoms with Crippen LogP contribution in [-0.2, 0) is 0 Å². The fraction of sp³-hybridized carbons (Fsp3) is 0.364. The summed E-state index contributed by atoms with van der Waals surface area (Å²) >= 11 is 0. The molecule has 8 nitrogen and oxygen atoms in total. The molecule has 0 saturated heterocycles. The number of carbonyl (C=O) groups is 2. The normalized spacial score (nSPS) is 21.2. The number of hydrogen-bond acceptors (Lipinski definition) is 6. The van der Waals surface area contributed by atoms with Gasteiger partial charge in [-0.2, -0.15) is 0 Å². The number of nitrogens with one attached hydrogen (secondary N) is 2. The third-order valence-corrected chi connectivity index (χ3v) is 5.67. The third-order valence-electron chi connectivity index (χ3n) is 5.67. The van der Waals surface area contributed by atoms with Gasteiger partial charge in [-0.3, -0.25) is 9.59 Å². The van der Waals surface area contributed by atoms with Crippen molar-refractivity contribution in [1.82, 2.24) is 10.6 Å². The molecule has 2 aromatic rings. The lowest BCUT2D eigenvalue weighted by Crippen LogP contribution is -2.53. The average Bonchev–Trinajstić information content (AvgIpc) is 3.43. The molecule has 156 valence electrons. The second-order valence-corrected chi connectivity index (χ2v) is 7.58. The SMILES string of the molecule is O=C(N[C@@H]1CCCC[C@H]1NC(=O)c1ccc2c(c1)OCO2)c1ccc2c(c1)OCO2. The highest BCUT2D eigenvalue weighted by Crippen LogP contribution is 2.33. The zero-order valence-corrected chi connectivity index (χ0v) is 16.3. The molecule has 8 heteroatoms. The summed E-state index contributed by atoms with van der Waals surface area (Å²) in [4.78, 5) is 25.6. The van der Waals surface area contributed by atoms with E-state index in [-0.39, 0.29) is 37.5 Å². The maximum atomic E-state index is 12.8. The Labute approximate surface area is 173 Å². The molecule has 2 N–H and O–H groups in total. The van der Waals surface area contributed by atoms with Crippen LogP contribution in [0.4, 0.5) is 0 Å². The summed E-state index contributed by atoms with van der Waals surface area (Å²) in [6.45, 7) is 0.327. The highest BCUT2D eigenvalue weighted by molar-refractivity contribution is 5.96. The highest BCUT2D eigenvalue weighted by Gasteiger charge is 2.29. The molecule has 0 spiro atoms. The van der Waals surface area contributed by atoms with Crippen molar-refractivity contribution in [3.05, 3.63) is 47.5 Å². The maximum Gasteiger partial charge on any atom is 0.251 e. The van der Waals surface area contributed by atoms with E-state index in [4.69, 9.17) is 18.9 Å². The van der Waals surface area contributed by atoms with Crippen molar-refractivity contribution in [2.45, 2.75) is 37.8 Å². The largest absolute Gasteiger partial charge is 0.454 e. The molecule has 30 heavy (non-hydrogen) atoms. The molecular formula is C22H22N2O6. The quantitative estimate of drug-likeness (QED) is 0.805. The minimum atomic E-state index is -0.192. The van der Waals surface area contributed by atoms with Gasteiger partial charge in [-0.1, -0.05) is 12.8 Å². The van der Waals surface area contributed by atoms with Gasteiger partial charge < -0.3 is 29.6 Å². The first-order chi connectivity index (χ1) is 14.7. The molecule has 2 aromatic carbocycles. The lowest BCUT2D eigenvalue weighted by Gasteiger charge is -2.33. The zero-order valence-electron chi connectivity index (χ0n) is 16.3. The molecule has 0 unspecified atom stereocenters. The predicted molar refractivity (Wildman–Crippen MR) is 106 cm³/mol. The molecule has 1 aliphatic carbocycles. The minimum absolute atomic E-state index is 0.144. The second kappa shape index (κ2) is 7.78. The van der Waals surface area contributed by atoms with Crippen LogP contribution >= 0.6 is 0 Å². The van der Waals surface area contributed by atoms with Gasteiger partial charge in [0.15, 0.2) is 23.0 Å². The van der Waals surface area contributed by atoms with Gasteiger partial charge in [-0.15, -0.1) is 0 Å². The fourth-order valence-electron chi connectivity index (χ4n) is 4.06. The first-order valence-electron chi connectivity index (χ1n) is 10.1. The third kappa shape index (κ3) is 3.60. The van der Waals surface area contributed by atoms with Crippen LogP contribution in [0, 0.1) is 0 Å². The van der Waals surface area contributed by atoms with E-state index in [1.807, 2.05) is 0 Å². The van der Waals surface area contributed by atoms with Crippen LogP contribution in [0.25, 0.3) is 0 Å². The molecule has 2 atom stereocenters. The van der Waals surface area contributed by atoms with E-state index in [1.165, 1.54) is 0 Å². The van der Waals surface area contributed by atoms with Crippen molar-refractivity contribution in [1.29, 1.82) is 0 Å². The van der Waals surface area contributed by atoms with Crippen molar-refractivity contribution in [2.75, 3.05) is 13.6 Å². The molecule has 3 aliphatic rings. The number of hydrogen-bond donors (Lipinski definition) is 2. The monoisotopic (exact) mass is 410 g/mol. The second-order valence-electron chi connectivity index (χ2n) is 7.58. The lowest BCUT2D eigenvalue weighted by atomic mass is 9.89. The molecular weight excluding hydrogens is 388 g/mol. The Hall–Kier alpha value is -3.42. The Balaban J connectivity index is 1.26. The fourth-order valence-corrected chi connectivity index (χ4v) is 4.06. The minimum Gasteiger partial charge on any atom is -0.454 e. The smallest absolute Gasteiger partial charge is 0.251 e. The predicted octanol–water partition coefficient (Wildman–Crippen LogP) is 2.62. The first kappa shape index (κ1) is 18.6. The van der Waals surface area contributed by atoms with Crippen molar-refractivity contribution in [2.24, 2.45) is 0 Å². The molecule has 1 fully saturated rings. The lowest BCUT2D eigenvalue weighted by molar-refractivity contribution is 0.0862. The van der Waals surface area contributed by atoms with Crippen LogP contribution in [0.15, 0.2) is 36.4 Å². The molecule has 0 radical (unpaired) electrons. The standard InChI is InChI=1S/C22H22N2O6/c25-21(13-5-7-17-19(9-13)29-11-27-17)23-15-3-1-2-4-16(15)24-22(26)14-6-8-18-20(10-14)30-12-28-18/h5-10,15-16H,1-4,11-12H2,(H,23,25)(H,24,26)/t15-,16-/m1/s1. The Morgan fingerprint density at radius 3 is 1.57 bits per heavy atom. The van der Waals surface area contributed by atoms with Crippen molar-refractivity contribution >= 4 is 11.8 Å². The molecule has 2 heterocycles. The van der Waals surface area contributed by atoms with Crippen LogP contribution in [0.1, 0.15) is 46.4 Å². The van der Waals surface area contributed by atoms with Gasteiger partial charge in [0, 0.05) is 23.2 Å². The molecule has 5 rings (SSSR count). The Kier molecular flexibility index (Phi) is 4.82. The summed E-state index contributed by atoms with van der Waals surface area (Å²) in [5.41, 5.74) is 1.01. The number of ether oxygens (including phenoxy) is 4. The molecule has 2 aliphatic heterocycles. The topological polar surface area (TPSA) is 95.1 Å². The van der Waals surface area contributed by atoms with Crippen LogP contribution in [0.5, 0.6) is 23.0 Å². The number of amides is 2. The van der Waals surface area contributed by atoms with E-state index >= 15 is 0 Å². The summed E-state index contributed by atoms with van der Waals surface area (Å²) in [7, 11) is 0. The van der Waals surface area contributed by atoms with E-state index < -0.39 is 0 Å². The van der Waals surface area contributed by atoms with Crippen LogP contribution in [-0.4, -0.2) is 37.5 Å². The molecule has 2 amide bonds. The molecule has 0 bridgehead atoms. The van der Waals surface area contributed by atoms with Crippen LogP contribution in [0.3, 0.4) is 0 Å². The average molecular weight is 410 g/mol. The van der Waals surface area contributed by atoms with Gasteiger partial charge in [-0.25, -0.2) is 0 Å². The van der Waals surface area contributed by atoms with E-state index in [1.54, 1.807) is 36.4 Å². The van der Waals surface area contributed by atoms with Crippen molar-refractivity contribution in [3.63, 3.8) is 0 Å². The van der Waals surface area contributed by atoms with E-state index in [9.17, 15) is 9.59 Å². The molecule has 0 aromatic heterocycles. The Morgan fingerprint density at radius 2 is 1.10 bits per heavy atom. The van der Waals surface area contributed by atoms with E-state index in [0.717, 1.165) is 25.7 Å². The van der Waals surface area contributed by atoms with Gasteiger partial charge in [-0.05, 0) is 49.2 Å². The Morgan fingerprint density at radius 1 is 0.667 bits per heavy atom. The Bertz CT molecular complexity index is 912. The summed E-state index contributed by atoms with van der Waals surface area (Å²) < 4.78 is 21.3. The van der Waals surface area contributed by atoms with Crippen molar-refractivity contribution < 1.29 is 28.5 Å². The van der Waals surface area contributed by atoms with Crippen LogP contribution < -0.4 is 29.6 Å². The summed E-state index contributed by atoms with van der Waals surface area (Å²) in [5, 5.41) is 6.16. The molecule has 1 saturated carbocycles. The number of carbonyl (C=O) groups excluding carboxylic acids is 2. The number of rotatable bonds is 4. The van der Waals surface area contributed by atoms with E-state index in [0.29, 0.717) is 34.1 Å². The van der Waals surface area contributed by atoms with Gasteiger partial charge in [0.25, 0.3) is 11.8 Å². The van der Waals surface area contributed by atoms with Gasteiger partial charge in [0.05, 0.1) is 0 Å². The van der Waals surface area contributed by atoms with E-state index in [2.05, 4.69) is 10.6 Å². The maximum absolute atomic E-state index is 12.8. The van der Waals surface area contributed by atoms with Gasteiger partial charge in [0.2, 0.25) is 13.6 Å². The summed E-state index contributed by atoms with van der Waals surface area (Å²) in [6.07, 6.45) is 3.62.